The molecule has 0 aromatic heterocycles. The van der Waals surface area contributed by atoms with Crippen molar-refractivity contribution in [2.75, 3.05) is 7.11 Å². The number of phenolic OH excluding ortho intramolecular Hbond substituents is 1. The summed E-state index contributed by atoms with van der Waals surface area (Å²) in [5.41, 5.74) is 0.781. The zero-order chi connectivity index (χ0) is 8.97. The smallest absolute Gasteiger partial charge is 0.160 e. The summed E-state index contributed by atoms with van der Waals surface area (Å²) in [5, 5.41) is 9.28. The highest BCUT2D eigenvalue weighted by Crippen LogP contribution is 2.25. The summed E-state index contributed by atoms with van der Waals surface area (Å²) in [4.78, 5) is 10.1. The van der Waals surface area contributed by atoms with Gasteiger partial charge in [-0.25, -0.2) is 0 Å². The predicted octanol–water partition coefficient (Wildman–Crippen LogP) is 1.14. The van der Waals surface area contributed by atoms with Gasteiger partial charge in [0.25, 0.3) is 0 Å². The Morgan fingerprint density at radius 2 is 2.33 bits per heavy atom. The van der Waals surface area contributed by atoms with Crippen molar-refractivity contribution in [1.29, 1.82) is 0 Å². The number of phenols is 1. The van der Waals surface area contributed by atoms with Crippen LogP contribution in [0.4, 0.5) is 0 Å². The van der Waals surface area contributed by atoms with Gasteiger partial charge in [0.1, 0.15) is 6.29 Å². The van der Waals surface area contributed by atoms with Crippen LogP contribution in [0.15, 0.2) is 18.2 Å². The van der Waals surface area contributed by atoms with Gasteiger partial charge in [-0.1, -0.05) is 6.07 Å². The van der Waals surface area contributed by atoms with Crippen LogP contribution in [0.2, 0.25) is 0 Å². The van der Waals surface area contributed by atoms with Crippen LogP contribution in [0.25, 0.3) is 0 Å². The first-order chi connectivity index (χ1) is 5.77. The Morgan fingerprint density at radius 1 is 1.58 bits per heavy atom. The van der Waals surface area contributed by atoms with Crippen LogP contribution in [-0.2, 0) is 11.2 Å². The third kappa shape index (κ3) is 1.75. The highest BCUT2D eigenvalue weighted by atomic mass is 16.5. The number of carbonyl (C=O) groups is 1. The Balaban J connectivity index is 2.93. The fraction of sp³-hybridized carbons (Fsp3) is 0.222. The van der Waals surface area contributed by atoms with Gasteiger partial charge in [0.15, 0.2) is 11.5 Å². The van der Waals surface area contributed by atoms with E-state index in [1.54, 1.807) is 12.1 Å². The normalized spacial score (nSPS) is 9.42. The zero-order valence-electron chi connectivity index (χ0n) is 6.78. The molecule has 0 saturated carbocycles. The van der Waals surface area contributed by atoms with Crippen LogP contribution in [-0.4, -0.2) is 18.5 Å². The minimum Gasteiger partial charge on any atom is -0.504 e. The Bertz CT molecular complexity index is 281. The Morgan fingerprint density at radius 3 is 2.83 bits per heavy atom. The van der Waals surface area contributed by atoms with Gasteiger partial charge in [-0.2, -0.15) is 0 Å². The monoisotopic (exact) mass is 166 g/mol. The van der Waals surface area contributed by atoms with E-state index in [0.29, 0.717) is 12.2 Å². The largest absolute Gasteiger partial charge is 0.504 e. The number of aromatic hydroxyl groups is 1. The molecule has 3 nitrogen and oxygen atoms in total. The van der Waals surface area contributed by atoms with E-state index in [4.69, 9.17) is 4.74 Å². The van der Waals surface area contributed by atoms with Crippen molar-refractivity contribution in [2.24, 2.45) is 0 Å². The van der Waals surface area contributed by atoms with Gasteiger partial charge in [-0.3, -0.25) is 0 Å². The molecule has 0 spiro atoms. The van der Waals surface area contributed by atoms with Crippen LogP contribution in [0.1, 0.15) is 5.56 Å². The van der Waals surface area contributed by atoms with E-state index < -0.39 is 0 Å². The van der Waals surface area contributed by atoms with Crippen molar-refractivity contribution in [3.05, 3.63) is 23.8 Å². The van der Waals surface area contributed by atoms with E-state index >= 15 is 0 Å². The van der Waals surface area contributed by atoms with Crippen LogP contribution < -0.4 is 4.74 Å². The highest BCUT2D eigenvalue weighted by Gasteiger charge is 2.00. The number of ether oxygens (including phenoxy) is 1. The molecule has 0 radical (unpaired) electrons. The first kappa shape index (κ1) is 8.59. The lowest BCUT2D eigenvalue weighted by Crippen LogP contribution is -1.88. The first-order valence-corrected chi connectivity index (χ1v) is 3.57. The van der Waals surface area contributed by atoms with Gasteiger partial charge in [0.2, 0.25) is 0 Å². The zero-order valence-corrected chi connectivity index (χ0v) is 6.78. The molecular weight excluding hydrogens is 156 g/mol. The number of carbonyl (C=O) groups excluding carboxylic acids is 1. The first-order valence-electron chi connectivity index (χ1n) is 3.57. The molecule has 0 atom stereocenters. The molecule has 1 aromatic carbocycles. The van der Waals surface area contributed by atoms with E-state index in [1.807, 2.05) is 0 Å². The minimum absolute atomic E-state index is 0.0665. The number of hydrogen-bond acceptors (Lipinski definition) is 3. The maximum atomic E-state index is 10.1. The number of benzene rings is 1. The van der Waals surface area contributed by atoms with E-state index in [9.17, 15) is 9.90 Å². The summed E-state index contributed by atoms with van der Waals surface area (Å²) in [6.07, 6.45) is 1.11. The average Bonchev–Trinajstić information content (AvgIpc) is 2.05. The van der Waals surface area contributed by atoms with Gasteiger partial charge >= 0.3 is 0 Å². The Hall–Kier alpha value is -1.51. The number of hydrogen-bond donors (Lipinski definition) is 1. The minimum atomic E-state index is 0.0665. The second-order valence-corrected chi connectivity index (χ2v) is 2.38. The second-order valence-electron chi connectivity index (χ2n) is 2.38. The van der Waals surface area contributed by atoms with E-state index in [0.717, 1.165) is 11.8 Å². The molecule has 0 heterocycles. The molecule has 0 fully saturated rings. The van der Waals surface area contributed by atoms with Gasteiger partial charge in [-0.05, 0) is 17.7 Å². The third-order valence-electron chi connectivity index (χ3n) is 1.56. The van der Waals surface area contributed by atoms with E-state index in [2.05, 4.69) is 0 Å². The average molecular weight is 166 g/mol. The lowest BCUT2D eigenvalue weighted by Gasteiger charge is -2.03. The molecule has 0 amide bonds. The molecule has 0 aliphatic rings. The van der Waals surface area contributed by atoms with Gasteiger partial charge in [0.05, 0.1) is 7.11 Å². The molecule has 0 saturated heterocycles. The Labute approximate surface area is 70.6 Å². The molecule has 3 heteroatoms. The molecule has 64 valence electrons. The molecule has 0 aliphatic heterocycles. The molecule has 1 rings (SSSR count). The topological polar surface area (TPSA) is 46.5 Å². The van der Waals surface area contributed by atoms with Crippen molar-refractivity contribution in [2.45, 2.75) is 6.42 Å². The fourth-order valence-corrected chi connectivity index (χ4v) is 0.959. The van der Waals surface area contributed by atoms with Crippen LogP contribution >= 0.6 is 0 Å². The SMILES string of the molecule is COc1ccc(CC=O)cc1O. The van der Waals surface area contributed by atoms with E-state index in [1.165, 1.54) is 13.2 Å². The summed E-state index contributed by atoms with van der Waals surface area (Å²) in [6, 6.07) is 4.90. The highest BCUT2D eigenvalue weighted by molar-refractivity contribution is 5.56. The number of aldehydes is 1. The Kier molecular flexibility index (Phi) is 2.69. The molecular formula is C9H10O3. The predicted molar refractivity (Wildman–Crippen MR) is 44.4 cm³/mol. The lowest BCUT2D eigenvalue weighted by atomic mass is 10.1. The van der Waals surface area contributed by atoms with Crippen LogP contribution in [0.5, 0.6) is 11.5 Å². The lowest BCUT2D eigenvalue weighted by molar-refractivity contribution is -0.107. The quantitative estimate of drug-likeness (QED) is 0.685. The molecule has 0 aliphatic carbocycles. The van der Waals surface area contributed by atoms with Crippen LogP contribution in [0, 0.1) is 0 Å². The second kappa shape index (κ2) is 3.76. The summed E-state index contributed by atoms with van der Waals surface area (Å²) in [5.74, 6) is 0.487. The van der Waals surface area contributed by atoms with Crippen LogP contribution in [0.3, 0.4) is 0 Å². The standard InChI is InChI=1S/C9H10O3/c1-12-9-3-2-7(4-5-10)6-8(9)11/h2-3,5-6,11H,4H2,1H3. The molecule has 1 N–H and O–H groups in total. The summed E-state index contributed by atoms with van der Waals surface area (Å²) in [7, 11) is 1.48. The molecule has 1 aromatic rings. The van der Waals surface area contributed by atoms with E-state index in [-0.39, 0.29) is 5.75 Å². The third-order valence-corrected chi connectivity index (χ3v) is 1.56. The van der Waals surface area contributed by atoms with Gasteiger partial charge in [-0.15, -0.1) is 0 Å². The van der Waals surface area contributed by atoms with Crippen molar-refractivity contribution >= 4 is 6.29 Å². The van der Waals surface area contributed by atoms with Crippen molar-refractivity contribution in [3.8, 4) is 11.5 Å². The van der Waals surface area contributed by atoms with Crippen molar-refractivity contribution in [1.82, 2.24) is 0 Å². The fourth-order valence-electron chi connectivity index (χ4n) is 0.959. The van der Waals surface area contributed by atoms with Gasteiger partial charge < -0.3 is 14.6 Å². The number of rotatable bonds is 3. The summed E-state index contributed by atoms with van der Waals surface area (Å²) in [6.45, 7) is 0. The van der Waals surface area contributed by atoms with Crippen molar-refractivity contribution in [3.63, 3.8) is 0 Å². The van der Waals surface area contributed by atoms with Crippen molar-refractivity contribution < 1.29 is 14.6 Å². The molecule has 0 bridgehead atoms. The summed E-state index contributed by atoms with van der Waals surface area (Å²) < 4.78 is 4.84. The summed E-state index contributed by atoms with van der Waals surface area (Å²) >= 11 is 0. The number of methoxy groups -OCH3 is 1. The molecule has 12 heavy (non-hydrogen) atoms. The maximum Gasteiger partial charge on any atom is 0.160 e. The van der Waals surface area contributed by atoms with Gasteiger partial charge in [0, 0.05) is 6.42 Å². The maximum absolute atomic E-state index is 10.1. The molecule has 0 unspecified atom stereocenters.